The third-order valence-electron chi connectivity index (χ3n) is 23.0. The van der Waals surface area contributed by atoms with Crippen molar-refractivity contribution >= 4 is 64.6 Å². The molecule has 0 radical (unpaired) electrons. The molecule has 0 heterocycles. The molecule has 0 amide bonds. The lowest BCUT2D eigenvalue weighted by Gasteiger charge is -2.61. The van der Waals surface area contributed by atoms with Crippen LogP contribution in [0, 0.1) is 58.2 Å². The minimum Gasteiger partial charge on any atom is -0.486 e. The van der Waals surface area contributed by atoms with Gasteiger partial charge in [0.1, 0.15) is 37.6 Å². The normalized spacial score (nSPS) is 21.5. The van der Waals surface area contributed by atoms with Crippen LogP contribution in [0.5, 0.6) is 11.5 Å². The van der Waals surface area contributed by atoms with Crippen molar-refractivity contribution in [1.29, 1.82) is 0 Å². The van der Waals surface area contributed by atoms with E-state index in [4.69, 9.17) is 61.1 Å². The summed E-state index contributed by atoms with van der Waals surface area (Å²) in [6.07, 6.45) is 19.7. The molecule has 6 aromatic rings. The largest absolute Gasteiger partial charge is 0.486 e. The van der Waals surface area contributed by atoms with Crippen LogP contribution in [0.15, 0.2) is 127 Å². The monoisotopic (exact) mass is 1410 g/mol. The zero-order valence-corrected chi connectivity index (χ0v) is 61.8. The smallest absolute Gasteiger partial charge is 0.342 e. The number of hydrogen-bond donors (Lipinski definition) is 0. The molecule has 538 valence electrons. The van der Waals surface area contributed by atoms with Gasteiger partial charge in [-0.25, -0.2) is 9.59 Å². The Hall–Kier alpha value is -7.94. The second-order valence-corrected chi connectivity index (χ2v) is 30.5. The average Bonchev–Trinajstić information content (AvgIpc) is 1.67. The van der Waals surface area contributed by atoms with Gasteiger partial charge in [-0.05, 0) is 214 Å². The Morgan fingerprint density at radius 3 is 1.32 bits per heavy atom. The number of esters is 6. The SMILES string of the molecule is COC(=O)Cc1ccc(COC(=O)c2cc(C(=CCC[C@H]3CC[C@@]4(C)[C@@H](CC[C@@H]5[C@@H]4CC[C@]4(C)[C@@H]([C@H](C)CCCC(C)C)CC[C@@H]54)C3)c3cc(Cl)c(OCc4ccc(CC(=O)OC)cc4)c(C(=O)OCc4ccc(CC(=O)OC)cc4)c3)cc(Cl)c2OCc2ccc(CC(=O)OC)cc2)cc1. The molecule has 14 nitrogen and oxygen atoms in total. The van der Waals surface area contributed by atoms with E-state index in [9.17, 15) is 28.8 Å². The summed E-state index contributed by atoms with van der Waals surface area (Å²) in [5, 5.41) is 0.232. The Morgan fingerprint density at radius 2 is 0.891 bits per heavy atom. The van der Waals surface area contributed by atoms with Crippen molar-refractivity contribution in [2.24, 2.45) is 58.2 Å². The summed E-state index contributed by atoms with van der Waals surface area (Å²) in [4.78, 5) is 78.3. The van der Waals surface area contributed by atoms with Gasteiger partial charge < -0.3 is 37.9 Å². The molecule has 0 aromatic heterocycles. The third kappa shape index (κ3) is 19.0. The molecular weight excluding hydrogens is 1320 g/mol. The number of halogens is 2. The Balaban J connectivity index is 0.987. The van der Waals surface area contributed by atoms with E-state index in [0.29, 0.717) is 56.9 Å². The standard InChI is InChI=1S/C85H100Cl2O14/c1-53(2)12-10-13-54(3)71-34-35-72-68-33-32-66-40-55(36-38-84(66,4)73(68)37-39-85(71,72)5)14-11-15-67(64-45-69(82(92)100-51-62-28-20-58(21-29-62)43-78(90)96-8)80(74(86)47-64)98-49-60-24-16-56(17-25-60)41-76(88)94-6)65-46-70(83(93)101-52-63-30-22-59(23-31-63)44-79(91)97-9)81(75(87)48-65)99-50-61-26-18-57(19-27-61)42-77(89)95-7/h15-31,45-48,53-55,66,68,71-73H,10-14,32-44,49-52H2,1-9H3/t54-,55+,66+,68+,71-,72+,73+,84+,85-/m1/s1. The highest BCUT2D eigenvalue weighted by Gasteiger charge is 2.60. The number of benzene rings is 6. The molecule has 101 heavy (non-hydrogen) atoms. The van der Waals surface area contributed by atoms with E-state index < -0.39 is 11.9 Å². The molecule has 0 bridgehead atoms. The summed E-state index contributed by atoms with van der Waals surface area (Å²) >= 11 is 14.9. The molecule has 4 saturated carbocycles. The van der Waals surface area contributed by atoms with Gasteiger partial charge >= 0.3 is 35.8 Å². The van der Waals surface area contributed by atoms with Crippen LogP contribution in [0.25, 0.3) is 5.57 Å². The molecule has 9 atom stereocenters. The molecule has 4 aliphatic rings. The molecule has 0 spiro atoms. The van der Waals surface area contributed by atoms with Gasteiger partial charge in [-0.1, -0.05) is 180 Å². The quantitative estimate of drug-likeness (QED) is 0.0307. The van der Waals surface area contributed by atoms with Gasteiger partial charge in [0.25, 0.3) is 0 Å². The van der Waals surface area contributed by atoms with Crippen LogP contribution in [0.4, 0.5) is 0 Å². The van der Waals surface area contributed by atoms with Crippen LogP contribution in [0.1, 0.15) is 201 Å². The first kappa shape index (κ1) is 75.7. The van der Waals surface area contributed by atoms with E-state index in [1.54, 1.807) is 72.8 Å². The van der Waals surface area contributed by atoms with Crippen LogP contribution >= 0.6 is 23.2 Å². The summed E-state index contributed by atoms with van der Waals surface area (Å²) in [7, 11) is 5.37. The van der Waals surface area contributed by atoms with Crippen molar-refractivity contribution in [3.05, 3.63) is 204 Å². The van der Waals surface area contributed by atoms with Gasteiger partial charge in [0.15, 0.2) is 11.5 Å². The van der Waals surface area contributed by atoms with Gasteiger partial charge in [0, 0.05) is 0 Å². The zero-order valence-electron chi connectivity index (χ0n) is 60.3. The topological polar surface area (TPSA) is 176 Å². The summed E-state index contributed by atoms with van der Waals surface area (Å²) in [6, 6.07) is 35.8. The maximum atomic E-state index is 14.9. The van der Waals surface area contributed by atoms with Crippen molar-refractivity contribution in [2.75, 3.05) is 28.4 Å². The number of allylic oxidation sites excluding steroid dienone is 1. The number of hydrogen-bond acceptors (Lipinski definition) is 14. The number of rotatable bonds is 30. The summed E-state index contributed by atoms with van der Waals surface area (Å²) in [6.45, 7) is 12.4. The predicted octanol–water partition coefficient (Wildman–Crippen LogP) is 18.7. The van der Waals surface area contributed by atoms with E-state index in [2.05, 4.69) is 40.7 Å². The third-order valence-corrected chi connectivity index (χ3v) is 23.5. The van der Waals surface area contributed by atoms with Gasteiger partial charge in [-0.15, -0.1) is 0 Å². The van der Waals surface area contributed by atoms with Crippen LogP contribution in [0.2, 0.25) is 10.0 Å². The number of ether oxygens (including phenoxy) is 8. The average molecular weight is 1420 g/mol. The molecule has 6 aromatic carbocycles. The number of methoxy groups -OCH3 is 4. The lowest BCUT2D eigenvalue weighted by molar-refractivity contribution is -0.140. The minimum atomic E-state index is -0.722. The van der Waals surface area contributed by atoms with Gasteiger partial charge in [-0.3, -0.25) is 19.2 Å². The van der Waals surface area contributed by atoms with E-state index >= 15 is 0 Å². The van der Waals surface area contributed by atoms with Crippen molar-refractivity contribution in [1.82, 2.24) is 0 Å². The van der Waals surface area contributed by atoms with E-state index in [0.717, 1.165) is 81.7 Å². The lowest BCUT2D eigenvalue weighted by atomic mass is 9.44. The van der Waals surface area contributed by atoms with Gasteiger partial charge in [0.05, 0.1) is 64.2 Å². The highest BCUT2D eigenvalue weighted by Crippen LogP contribution is 2.69. The molecule has 0 aliphatic heterocycles. The fourth-order valence-electron chi connectivity index (χ4n) is 17.3. The molecule has 10 rings (SSSR count). The number of fused-ring (bicyclic) bond motifs is 5. The first-order valence-corrected chi connectivity index (χ1v) is 36.9. The van der Waals surface area contributed by atoms with Crippen LogP contribution in [-0.4, -0.2) is 64.3 Å². The molecule has 0 unspecified atom stereocenters. The van der Waals surface area contributed by atoms with Gasteiger partial charge in [-0.2, -0.15) is 0 Å². The fraction of sp³-hybridized carbons (Fsp3) is 0.482. The zero-order chi connectivity index (χ0) is 72.0. The second kappa shape index (κ2) is 34.8. The first-order valence-electron chi connectivity index (χ1n) is 36.1. The molecule has 16 heteroatoms. The molecule has 0 N–H and O–H groups in total. The summed E-state index contributed by atoms with van der Waals surface area (Å²) in [5.74, 6) is 3.07. The Kier molecular flexibility index (Phi) is 26.1. The molecular formula is C85H100Cl2O14. The predicted molar refractivity (Wildman–Crippen MR) is 391 cm³/mol. The van der Waals surface area contributed by atoms with Crippen LogP contribution < -0.4 is 9.47 Å². The van der Waals surface area contributed by atoms with Crippen molar-refractivity contribution < 1.29 is 66.7 Å². The summed E-state index contributed by atoms with van der Waals surface area (Å²) in [5.41, 5.74) is 8.31. The maximum absolute atomic E-state index is 14.9. The maximum Gasteiger partial charge on any atom is 0.342 e. The van der Waals surface area contributed by atoms with Crippen molar-refractivity contribution in [3.8, 4) is 11.5 Å². The number of carbonyl (C=O) groups excluding carboxylic acids is 6. The fourth-order valence-corrected chi connectivity index (χ4v) is 17.9. The Labute approximate surface area is 606 Å². The Morgan fingerprint density at radius 1 is 0.485 bits per heavy atom. The van der Waals surface area contributed by atoms with Crippen molar-refractivity contribution in [3.63, 3.8) is 0 Å². The summed E-state index contributed by atoms with van der Waals surface area (Å²) < 4.78 is 44.8. The highest BCUT2D eigenvalue weighted by atomic mass is 35.5. The van der Waals surface area contributed by atoms with E-state index in [1.165, 1.54) is 99.1 Å². The van der Waals surface area contributed by atoms with Gasteiger partial charge in [0.2, 0.25) is 0 Å². The Bertz CT molecular complexity index is 3700. The van der Waals surface area contributed by atoms with E-state index in [-0.39, 0.29) is 109 Å². The van der Waals surface area contributed by atoms with E-state index in [1.807, 2.05) is 48.5 Å². The second-order valence-electron chi connectivity index (χ2n) is 29.7. The molecule has 4 fully saturated rings. The van der Waals surface area contributed by atoms with Crippen molar-refractivity contribution in [2.45, 2.75) is 177 Å². The number of carbonyl (C=O) groups is 6. The molecule has 4 aliphatic carbocycles. The molecule has 0 saturated heterocycles. The highest BCUT2D eigenvalue weighted by molar-refractivity contribution is 6.33. The van der Waals surface area contributed by atoms with Crippen LogP contribution in [-0.2, 0) is 99.7 Å². The van der Waals surface area contributed by atoms with Crippen LogP contribution in [0.3, 0.4) is 0 Å². The lowest BCUT2D eigenvalue weighted by Crippen LogP contribution is -2.53. The minimum absolute atomic E-state index is 0.00122. The first-order chi connectivity index (χ1) is 48.6.